The van der Waals surface area contributed by atoms with E-state index in [4.69, 9.17) is 5.11 Å². The van der Waals surface area contributed by atoms with Crippen LogP contribution in [0.15, 0.2) is 24.3 Å². The minimum absolute atomic E-state index is 0.00300. The van der Waals surface area contributed by atoms with Gasteiger partial charge >= 0.3 is 18.1 Å². The van der Waals surface area contributed by atoms with Gasteiger partial charge in [0.1, 0.15) is 0 Å². The number of amides is 1. The van der Waals surface area contributed by atoms with Crippen molar-refractivity contribution in [3.8, 4) is 0 Å². The van der Waals surface area contributed by atoms with Crippen molar-refractivity contribution in [3.63, 3.8) is 0 Å². The molecule has 9 heteroatoms. The second-order valence-corrected chi connectivity index (χ2v) is 6.13. The molecule has 0 saturated heterocycles. The number of alkyl halides is 3. The summed E-state index contributed by atoms with van der Waals surface area (Å²) in [5, 5.41) is 8.55. The molecule has 1 amide bonds. The molecule has 5 nitrogen and oxygen atoms in total. The Hall–Kier alpha value is -2.16. The number of aromatic nitrogens is 1. The Balaban J connectivity index is 2.13. The van der Waals surface area contributed by atoms with E-state index in [1.54, 1.807) is 24.3 Å². The van der Waals surface area contributed by atoms with Gasteiger partial charge in [0.15, 0.2) is 5.13 Å². The molecule has 2 rings (SSSR count). The van der Waals surface area contributed by atoms with Crippen LogP contribution in [0.3, 0.4) is 0 Å². The number of nitrogens with zero attached hydrogens (tertiary/aromatic N) is 2. The van der Waals surface area contributed by atoms with Crippen LogP contribution in [0.2, 0.25) is 0 Å². The first kappa shape index (κ1) is 18.2. The number of rotatable bonds is 7. The summed E-state index contributed by atoms with van der Waals surface area (Å²) >= 11 is 1.02. The van der Waals surface area contributed by atoms with Gasteiger partial charge in [0.05, 0.1) is 10.2 Å². The molecule has 0 spiro atoms. The summed E-state index contributed by atoms with van der Waals surface area (Å²) in [5.41, 5.74) is 0.531. The summed E-state index contributed by atoms with van der Waals surface area (Å²) in [6, 6.07) is 6.85. The van der Waals surface area contributed by atoms with Crippen LogP contribution in [-0.4, -0.2) is 34.7 Å². The lowest BCUT2D eigenvalue weighted by molar-refractivity contribution is -0.170. The van der Waals surface area contributed by atoms with E-state index in [-0.39, 0.29) is 24.5 Å². The average Bonchev–Trinajstić information content (AvgIpc) is 2.92. The molecule has 130 valence electrons. The van der Waals surface area contributed by atoms with Gasteiger partial charge in [-0.15, -0.1) is 0 Å². The topological polar surface area (TPSA) is 70.5 Å². The van der Waals surface area contributed by atoms with Crippen molar-refractivity contribution < 1.29 is 27.9 Å². The molecule has 0 fully saturated rings. The molecular weight excluding hydrogens is 345 g/mol. The molecule has 0 unspecified atom stereocenters. The fourth-order valence-corrected chi connectivity index (χ4v) is 3.13. The largest absolute Gasteiger partial charge is 0.481 e. The van der Waals surface area contributed by atoms with E-state index in [1.807, 2.05) is 0 Å². The Morgan fingerprint density at radius 3 is 2.50 bits per heavy atom. The Labute approximate surface area is 139 Å². The fraction of sp³-hybridized carbons (Fsp3) is 0.400. The zero-order valence-corrected chi connectivity index (χ0v) is 13.4. The zero-order valence-electron chi connectivity index (χ0n) is 12.5. The lowest BCUT2D eigenvalue weighted by Gasteiger charge is -2.20. The van der Waals surface area contributed by atoms with Crippen LogP contribution < -0.4 is 4.90 Å². The number of hydrogen-bond acceptors (Lipinski definition) is 4. The molecule has 1 heterocycles. The Morgan fingerprint density at radius 2 is 1.88 bits per heavy atom. The Kier molecular flexibility index (Phi) is 5.76. The predicted molar refractivity (Wildman–Crippen MR) is 84.1 cm³/mol. The second-order valence-electron chi connectivity index (χ2n) is 5.12. The first-order valence-electron chi connectivity index (χ1n) is 7.25. The third-order valence-corrected chi connectivity index (χ3v) is 4.33. The molecular formula is C15H15F3N2O3S. The quantitative estimate of drug-likeness (QED) is 0.762. The van der Waals surface area contributed by atoms with Crippen LogP contribution in [-0.2, 0) is 9.59 Å². The maximum Gasteiger partial charge on any atom is 0.471 e. The number of aliphatic carboxylic acids is 1. The number of anilines is 1. The maximum absolute atomic E-state index is 12.8. The van der Waals surface area contributed by atoms with Crippen molar-refractivity contribution in [2.75, 3.05) is 11.4 Å². The van der Waals surface area contributed by atoms with Crippen LogP contribution in [0.1, 0.15) is 25.7 Å². The van der Waals surface area contributed by atoms with Crippen LogP contribution in [0.5, 0.6) is 0 Å². The second kappa shape index (κ2) is 7.61. The predicted octanol–water partition coefficient (Wildman–Crippen LogP) is 3.84. The molecule has 0 atom stereocenters. The number of unbranched alkanes of at least 4 members (excludes halogenated alkanes) is 2. The van der Waals surface area contributed by atoms with Gasteiger partial charge in [-0.25, -0.2) is 4.98 Å². The van der Waals surface area contributed by atoms with E-state index in [9.17, 15) is 22.8 Å². The zero-order chi connectivity index (χ0) is 17.7. The minimum atomic E-state index is -4.99. The summed E-state index contributed by atoms with van der Waals surface area (Å²) in [5.74, 6) is -2.91. The summed E-state index contributed by atoms with van der Waals surface area (Å²) in [7, 11) is 0. The molecule has 0 radical (unpaired) electrons. The van der Waals surface area contributed by atoms with Crippen LogP contribution in [0.25, 0.3) is 10.2 Å². The highest BCUT2D eigenvalue weighted by atomic mass is 32.1. The maximum atomic E-state index is 12.8. The average molecular weight is 360 g/mol. The molecule has 0 bridgehead atoms. The van der Waals surface area contributed by atoms with Crippen LogP contribution in [0, 0.1) is 0 Å². The third kappa shape index (κ3) is 4.67. The number of carboxylic acids is 1. The van der Waals surface area contributed by atoms with Crippen molar-refractivity contribution in [3.05, 3.63) is 24.3 Å². The standard InChI is InChI=1S/C15H15F3N2O3S/c16-15(17,18)13(23)20(9-5-1-2-8-12(21)22)14-19-10-6-3-4-7-11(10)24-14/h3-4,6-7H,1-2,5,8-9H2,(H,21,22). The Bertz CT molecular complexity index is 697. The van der Waals surface area contributed by atoms with Gasteiger partial charge < -0.3 is 5.11 Å². The molecule has 0 aliphatic heterocycles. The van der Waals surface area contributed by atoms with Crippen molar-refractivity contribution >= 4 is 38.6 Å². The monoisotopic (exact) mass is 360 g/mol. The number of halogens is 3. The molecule has 2 aromatic rings. The number of carbonyl (C=O) groups is 2. The van der Waals surface area contributed by atoms with Gasteiger partial charge in [0, 0.05) is 13.0 Å². The van der Waals surface area contributed by atoms with E-state index < -0.39 is 18.1 Å². The highest BCUT2D eigenvalue weighted by Crippen LogP contribution is 2.31. The highest BCUT2D eigenvalue weighted by molar-refractivity contribution is 7.22. The van der Waals surface area contributed by atoms with Gasteiger partial charge in [-0.2, -0.15) is 13.2 Å². The van der Waals surface area contributed by atoms with Gasteiger partial charge in [-0.1, -0.05) is 29.9 Å². The van der Waals surface area contributed by atoms with E-state index in [0.29, 0.717) is 28.0 Å². The van der Waals surface area contributed by atoms with Gasteiger partial charge in [0.25, 0.3) is 0 Å². The molecule has 24 heavy (non-hydrogen) atoms. The Morgan fingerprint density at radius 1 is 1.17 bits per heavy atom. The summed E-state index contributed by atoms with van der Waals surface area (Å²) in [6.45, 7) is -0.155. The summed E-state index contributed by atoms with van der Waals surface area (Å²) < 4.78 is 39.2. The smallest absolute Gasteiger partial charge is 0.471 e. The lowest BCUT2D eigenvalue weighted by atomic mass is 10.2. The molecule has 0 aliphatic carbocycles. The number of fused-ring (bicyclic) bond motifs is 1. The van der Waals surface area contributed by atoms with Gasteiger partial charge in [-0.3, -0.25) is 14.5 Å². The minimum Gasteiger partial charge on any atom is -0.481 e. The number of thiazole rings is 1. The number of hydrogen-bond donors (Lipinski definition) is 1. The van der Waals surface area contributed by atoms with Crippen molar-refractivity contribution in [2.24, 2.45) is 0 Å². The molecule has 0 saturated carbocycles. The SMILES string of the molecule is O=C(O)CCCCCN(C(=O)C(F)(F)F)c1nc2ccccc2s1. The highest BCUT2D eigenvalue weighted by Gasteiger charge is 2.43. The molecule has 0 aliphatic rings. The number of carbonyl (C=O) groups excluding carboxylic acids is 1. The number of benzene rings is 1. The van der Waals surface area contributed by atoms with Gasteiger partial charge in [0.2, 0.25) is 0 Å². The van der Waals surface area contributed by atoms with Crippen LogP contribution >= 0.6 is 11.3 Å². The van der Waals surface area contributed by atoms with Crippen LogP contribution in [0.4, 0.5) is 18.3 Å². The van der Waals surface area contributed by atoms with E-state index >= 15 is 0 Å². The molecule has 1 aromatic carbocycles. The van der Waals surface area contributed by atoms with Gasteiger partial charge in [-0.05, 0) is 25.0 Å². The number of carboxylic acid groups (broad SMARTS) is 1. The summed E-state index contributed by atoms with van der Waals surface area (Å²) in [6.07, 6.45) is -4.00. The molecule has 1 aromatic heterocycles. The summed E-state index contributed by atoms with van der Waals surface area (Å²) in [4.78, 5) is 26.9. The van der Waals surface area contributed by atoms with E-state index in [2.05, 4.69) is 4.98 Å². The van der Waals surface area contributed by atoms with E-state index in [1.165, 1.54) is 0 Å². The number of para-hydroxylation sites is 1. The first-order valence-corrected chi connectivity index (χ1v) is 8.07. The van der Waals surface area contributed by atoms with Crippen molar-refractivity contribution in [1.82, 2.24) is 4.98 Å². The van der Waals surface area contributed by atoms with Crippen molar-refractivity contribution in [1.29, 1.82) is 0 Å². The van der Waals surface area contributed by atoms with Crippen molar-refractivity contribution in [2.45, 2.75) is 31.9 Å². The molecule has 1 N–H and O–H groups in total. The third-order valence-electron chi connectivity index (χ3n) is 3.27. The van der Waals surface area contributed by atoms with E-state index in [0.717, 1.165) is 11.3 Å². The lowest BCUT2D eigenvalue weighted by Crippen LogP contribution is -2.41. The normalized spacial score (nSPS) is 11.6. The first-order chi connectivity index (χ1) is 11.3. The fourth-order valence-electron chi connectivity index (χ4n) is 2.14.